The first-order chi connectivity index (χ1) is 16.4. The zero-order valence-electron chi connectivity index (χ0n) is 18.2. The largest absolute Gasteiger partial charge is 0.326 e. The lowest BCUT2D eigenvalue weighted by Gasteiger charge is -2.13. The van der Waals surface area contributed by atoms with Gasteiger partial charge in [0.05, 0.1) is 23.2 Å². The van der Waals surface area contributed by atoms with Gasteiger partial charge in [0.1, 0.15) is 5.82 Å². The van der Waals surface area contributed by atoms with Gasteiger partial charge in [-0.2, -0.15) is 0 Å². The highest BCUT2D eigenvalue weighted by molar-refractivity contribution is 7.99. The predicted molar refractivity (Wildman–Crippen MR) is 132 cm³/mol. The van der Waals surface area contributed by atoms with Gasteiger partial charge in [0.2, 0.25) is 11.8 Å². The first kappa shape index (κ1) is 23.2. The van der Waals surface area contributed by atoms with Crippen molar-refractivity contribution in [2.75, 3.05) is 16.4 Å². The van der Waals surface area contributed by atoms with Gasteiger partial charge in [-0.1, -0.05) is 36.0 Å². The van der Waals surface area contributed by atoms with E-state index < -0.39 is 0 Å². The van der Waals surface area contributed by atoms with Gasteiger partial charge in [0.15, 0.2) is 5.16 Å². The zero-order chi connectivity index (χ0) is 24.1. The van der Waals surface area contributed by atoms with Crippen LogP contribution in [0.1, 0.15) is 12.5 Å². The van der Waals surface area contributed by atoms with Crippen molar-refractivity contribution < 1.29 is 14.0 Å². The lowest BCUT2D eigenvalue weighted by molar-refractivity contribution is -0.114. The summed E-state index contributed by atoms with van der Waals surface area (Å²) >= 11 is 1.15. The summed E-state index contributed by atoms with van der Waals surface area (Å²) in [7, 11) is 0. The number of hydrogen-bond acceptors (Lipinski definition) is 5. The summed E-state index contributed by atoms with van der Waals surface area (Å²) < 4.78 is 14.8. The second-order valence-electron chi connectivity index (χ2n) is 7.52. The quantitative estimate of drug-likeness (QED) is 0.307. The van der Waals surface area contributed by atoms with E-state index in [1.165, 1.54) is 23.6 Å². The topological polar surface area (TPSA) is 93.1 Å². The number of nitrogens with one attached hydrogen (secondary N) is 2. The van der Waals surface area contributed by atoms with Gasteiger partial charge < -0.3 is 10.6 Å². The molecule has 9 heteroatoms. The number of hydrogen-bond donors (Lipinski definition) is 2. The molecule has 7 nitrogen and oxygen atoms in total. The number of anilines is 2. The van der Waals surface area contributed by atoms with E-state index in [4.69, 9.17) is 0 Å². The van der Waals surface area contributed by atoms with E-state index in [1.54, 1.807) is 60.7 Å². The molecule has 34 heavy (non-hydrogen) atoms. The number of carbonyl (C=O) groups excluding carboxylic acids is 2. The number of amides is 2. The van der Waals surface area contributed by atoms with Crippen molar-refractivity contribution in [3.8, 4) is 0 Å². The molecular weight excluding hydrogens is 455 g/mol. The Bertz CT molecular complexity index is 1400. The monoisotopic (exact) mass is 476 g/mol. The second-order valence-corrected chi connectivity index (χ2v) is 8.47. The summed E-state index contributed by atoms with van der Waals surface area (Å²) in [6.07, 6.45) is 0. The number of fused-ring (bicyclic) bond motifs is 1. The third-order valence-corrected chi connectivity index (χ3v) is 5.88. The van der Waals surface area contributed by atoms with Crippen LogP contribution in [0.3, 0.4) is 0 Å². The average Bonchev–Trinajstić information content (AvgIpc) is 2.82. The molecule has 0 radical (unpaired) electrons. The lowest BCUT2D eigenvalue weighted by atomic mass is 10.2. The molecule has 0 spiro atoms. The molecule has 3 aromatic carbocycles. The van der Waals surface area contributed by atoms with Gasteiger partial charge in [-0.3, -0.25) is 19.0 Å². The van der Waals surface area contributed by atoms with Crippen LogP contribution in [0.5, 0.6) is 0 Å². The Labute approximate surface area is 199 Å². The summed E-state index contributed by atoms with van der Waals surface area (Å²) in [4.78, 5) is 41.4. The van der Waals surface area contributed by atoms with Gasteiger partial charge in [-0.25, -0.2) is 9.37 Å². The van der Waals surface area contributed by atoms with Crippen LogP contribution < -0.4 is 16.2 Å². The van der Waals surface area contributed by atoms with E-state index in [-0.39, 0.29) is 35.5 Å². The standard InChI is InChI=1S/C25H21FN4O3S/c1-16(31)27-19-10-12-20(13-11-19)28-23(32)15-34-25-29-22-5-3-2-4-21(22)24(33)30(25)14-17-6-8-18(26)9-7-17/h2-13H,14-15H2,1H3,(H,27,31)(H,28,32). The van der Waals surface area contributed by atoms with Crippen LogP contribution in [0.2, 0.25) is 0 Å². The molecule has 0 bridgehead atoms. The molecule has 0 saturated carbocycles. The zero-order valence-corrected chi connectivity index (χ0v) is 19.1. The summed E-state index contributed by atoms with van der Waals surface area (Å²) in [6.45, 7) is 1.62. The molecule has 4 aromatic rings. The van der Waals surface area contributed by atoms with Gasteiger partial charge >= 0.3 is 0 Å². The van der Waals surface area contributed by atoms with Crippen LogP contribution in [0.4, 0.5) is 15.8 Å². The Morgan fingerprint density at radius 2 is 1.59 bits per heavy atom. The Balaban J connectivity index is 1.53. The van der Waals surface area contributed by atoms with E-state index in [0.717, 1.165) is 17.3 Å². The highest BCUT2D eigenvalue weighted by Crippen LogP contribution is 2.20. The van der Waals surface area contributed by atoms with Crippen molar-refractivity contribution in [1.82, 2.24) is 9.55 Å². The Hall–Kier alpha value is -3.98. The molecule has 2 N–H and O–H groups in total. The molecule has 1 aromatic heterocycles. The fourth-order valence-corrected chi connectivity index (χ4v) is 4.14. The van der Waals surface area contributed by atoms with E-state index in [1.807, 2.05) is 0 Å². The van der Waals surface area contributed by atoms with Crippen molar-refractivity contribution in [3.05, 3.63) is 94.5 Å². The minimum atomic E-state index is -0.357. The molecule has 0 aliphatic carbocycles. The van der Waals surface area contributed by atoms with Crippen molar-refractivity contribution in [1.29, 1.82) is 0 Å². The minimum absolute atomic E-state index is 0.0294. The number of halogens is 1. The summed E-state index contributed by atoms with van der Waals surface area (Å²) in [6, 6.07) is 19.7. The van der Waals surface area contributed by atoms with Gasteiger partial charge in [0.25, 0.3) is 5.56 Å². The maximum Gasteiger partial charge on any atom is 0.262 e. The summed E-state index contributed by atoms with van der Waals surface area (Å²) in [5, 5.41) is 6.32. The Morgan fingerprint density at radius 1 is 0.941 bits per heavy atom. The van der Waals surface area contributed by atoms with E-state index >= 15 is 0 Å². The van der Waals surface area contributed by atoms with Gasteiger partial charge in [0, 0.05) is 18.3 Å². The van der Waals surface area contributed by atoms with Crippen LogP contribution in [-0.4, -0.2) is 27.1 Å². The fraction of sp³-hybridized carbons (Fsp3) is 0.120. The molecular formula is C25H21FN4O3S. The molecule has 0 fully saturated rings. The van der Waals surface area contributed by atoms with Crippen molar-refractivity contribution in [2.24, 2.45) is 0 Å². The lowest BCUT2D eigenvalue weighted by Crippen LogP contribution is -2.25. The van der Waals surface area contributed by atoms with E-state index in [2.05, 4.69) is 15.6 Å². The molecule has 0 aliphatic heterocycles. The maximum absolute atomic E-state index is 13.3. The highest BCUT2D eigenvalue weighted by atomic mass is 32.2. The normalized spacial score (nSPS) is 10.8. The summed E-state index contributed by atoms with van der Waals surface area (Å²) in [5.74, 6) is -0.776. The third-order valence-electron chi connectivity index (χ3n) is 4.90. The molecule has 0 unspecified atom stereocenters. The Morgan fingerprint density at radius 3 is 2.26 bits per heavy atom. The van der Waals surface area contributed by atoms with Crippen LogP contribution >= 0.6 is 11.8 Å². The second kappa shape index (κ2) is 10.3. The number of aromatic nitrogens is 2. The Kier molecular flexibility index (Phi) is 7.03. The summed E-state index contributed by atoms with van der Waals surface area (Å²) in [5.41, 5.74) is 2.26. The molecule has 0 atom stereocenters. The first-order valence-electron chi connectivity index (χ1n) is 10.4. The van der Waals surface area contributed by atoms with Gasteiger partial charge in [-0.15, -0.1) is 0 Å². The molecule has 0 aliphatic rings. The predicted octanol–water partition coefficient (Wildman–Crippen LogP) is 4.27. The fourth-order valence-electron chi connectivity index (χ4n) is 3.34. The maximum atomic E-state index is 13.3. The number of nitrogens with zero attached hydrogens (tertiary/aromatic N) is 2. The number of rotatable bonds is 7. The van der Waals surface area contributed by atoms with E-state index in [9.17, 15) is 18.8 Å². The number of carbonyl (C=O) groups is 2. The van der Waals surface area contributed by atoms with Crippen molar-refractivity contribution in [2.45, 2.75) is 18.6 Å². The van der Waals surface area contributed by atoms with Crippen molar-refractivity contribution in [3.63, 3.8) is 0 Å². The molecule has 4 rings (SSSR count). The minimum Gasteiger partial charge on any atom is -0.326 e. The van der Waals surface area contributed by atoms with Crippen LogP contribution in [0.25, 0.3) is 10.9 Å². The van der Waals surface area contributed by atoms with Crippen LogP contribution in [0.15, 0.2) is 82.7 Å². The van der Waals surface area contributed by atoms with Crippen LogP contribution in [-0.2, 0) is 16.1 Å². The number of benzene rings is 3. The third kappa shape index (κ3) is 5.68. The van der Waals surface area contributed by atoms with E-state index in [0.29, 0.717) is 27.4 Å². The van der Waals surface area contributed by atoms with Gasteiger partial charge in [-0.05, 0) is 54.1 Å². The number of para-hydroxylation sites is 1. The average molecular weight is 477 g/mol. The highest BCUT2D eigenvalue weighted by Gasteiger charge is 2.14. The molecule has 172 valence electrons. The molecule has 0 saturated heterocycles. The SMILES string of the molecule is CC(=O)Nc1ccc(NC(=O)CSc2nc3ccccc3c(=O)n2Cc2ccc(F)cc2)cc1. The smallest absolute Gasteiger partial charge is 0.262 e. The molecule has 2 amide bonds. The van der Waals surface area contributed by atoms with Crippen LogP contribution in [0, 0.1) is 5.82 Å². The molecule has 1 heterocycles. The first-order valence-corrected chi connectivity index (χ1v) is 11.4. The van der Waals surface area contributed by atoms with Crippen molar-refractivity contribution >= 4 is 45.9 Å². The number of thioether (sulfide) groups is 1.